The van der Waals surface area contributed by atoms with Crippen LogP contribution in [0.2, 0.25) is 0 Å². The highest BCUT2D eigenvalue weighted by atomic mass is 32.3. The lowest BCUT2D eigenvalue weighted by atomic mass is 9.99. The molecule has 0 spiro atoms. The molecule has 0 bridgehead atoms. The molecule has 0 aromatic rings. The molecule has 12 nitrogen and oxygen atoms in total. The molecule has 1 saturated heterocycles. The molecule has 0 aliphatic carbocycles. The molecule has 1 amide bonds. The van der Waals surface area contributed by atoms with Gasteiger partial charge >= 0.3 is 10.4 Å². The van der Waals surface area contributed by atoms with E-state index in [1.807, 2.05) is 0 Å². The standard InChI is InChI=1S/C60H119NO11S/c1-3-5-7-9-11-13-15-17-19-21-23-25-27-29-31-33-35-37-39-41-43-45-47-49-54(63)53(52-70-60-58(66)59(72-73(67,68)69)57(65)55(51-62)71-60)61-56(64)50-48-46-44-42-40-38-36-34-32-30-28-26-24-22-20-18-16-14-12-10-8-6-4-2/h53-55,57-60,62-63,65-66H,3-52H2,1-2H3,(H,61,64)(H,67,68,69). The topological polar surface area (TPSA) is 192 Å². The van der Waals surface area contributed by atoms with Gasteiger partial charge in [0.25, 0.3) is 0 Å². The third-order valence-corrected chi connectivity index (χ3v) is 15.9. The second kappa shape index (κ2) is 50.6. The van der Waals surface area contributed by atoms with Crippen molar-refractivity contribution < 1.29 is 51.8 Å². The van der Waals surface area contributed by atoms with Crippen molar-refractivity contribution in [2.24, 2.45) is 0 Å². The zero-order valence-electron chi connectivity index (χ0n) is 47.5. The summed E-state index contributed by atoms with van der Waals surface area (Å²) < 4.78 is 48.0. The Morgan fingerprint density at radius 3 is 1.10 bits per heavy atom. The van der Waals surface area contributed by atoms with Crippen LogP contribution in [-0.4, -0.2) is 95.4 Å². The van der Waals surface area contributed by atoms with E-state index in [1.165, 1.54) is 244 Å². The van der Waals surface area contributed by atoms with Gasteiger partial charge in [0.05, 0.1) is 25.4 Å². The molecule has 1 aliphatic heterocycles. The SMILES string of the molecule is CCCCCCCCCCCCCCCCCCCCCCCCCC(=O)NC(COC1OC(CO)C(O)C(OS(=O)(=O)O)C1O)C(O)CCCCCCCCCCCCCCCCCCCCCCCCC. The molecule has 13 heteroatoms. The second-order valence-electron chi connectivity index (χ2n) is 22.4. The maximum Gasteiger partial charge on any atom is 0.397 e. The van der Waals surface area contributed by atoms with Crippen molar-refractivity contribution in [3.63, 3.8) is 0 Å². The molecule has 7 atom stereocenters. The van der Waals surface area contributed by atoms with Gasteiger partial charge in [0.15, 0.2) is 6.29 Å². The van der Waals surface area contributed by atoms with E-state index in [1.54, 1.807) is 0 Å². The summed E-state index contributed by atoms with van der Waals surface area (Å²) in [5.74, 6) is -0.221. The number of aliphatic hydroxyl groups is 4. The lowest BCUT2D eigenvalue weighted by Gasteiger charge is -2.41. The molecule has 1 heterocycles. The highest BCUT2D eigenvalue weighted by Crippen LogP contribution is 2.26. The number of unbranched alkanes of at least 4 members (excludes halogenated alkanes) is 44. The van der Waals surface area contributed by atoms with Gasteiger partial charge in [0, 0.05) is 6.42 Å². The van der Waals surface area contributed by atoms with Gasteiger partial charge in [-0.25, -0.2) is 4.18 Å². The summed E-state index contributed by atoms with van der Waals surface area (Å²) in [6.45, 7) is 3.52. The summed E-state index contributed by atoms with van der Waals surface area (Å²) in [6, 6.07) is -0.854. The van der Waals surface area contributed by atoms with Gasteiger partial charge in [-0.1, -0.05) is 303 Å². The van der Waals surface area contributed by atoms with Crippen LogP contribution in [0.15, 0.2) is 0 Å². The fourth-order valence-electron chi connectivity index (χ4n) is 10.6. The molecule has 1 rings (SSSR count). The summed E-state index contributed by atoms with van der Waals surface area (Å²) in [7, 11) is -5.08. The Morgan fingerprint density at radius 2 is 0.795 bits per heavy atom. The Labute approximate surface area is 449 Å². The van der Waals surface area contributed by atoms with Crippen LogP contribution in [-0.2, 0) is 28.9 Å². The predicted molar refractivity (Wildman–Crippen MR) is 301 cm³/mol. The Kier molecular flexibility index (Phi) is 48.6. The highest BCUT2D eigenvalue weighted by molar-refractivity contribution is 7.80. The first-order chi connectivity index (χ1) is 35.5. The smallest absolute Gasteiger partial charge is 0.394 e. The molecular formula is C60H119NO11S. The fraction of sp³-hybridized carbons (Fsp3) is 0.983. The molecule has 7 unspecified atom stereocenters. The lowest BCUT2D eigenvalue weighted by Crippen LogP contribution is -2.61. The largest absolute Gasteiger partial charge is 0.397 e. The minimum Gasteiger partial charge on any atom is -0.394 e. The minimum atomic E-state index is -5.08. The van der Waals surface area contributed by atoms with E-state index in [-0.39, 0.29) is 12.5 Å². The normalized spacial score (nSPS) is 19.1. The van der Waals surface area contributed by atoms with Gasteiger partial charge in [-0.05, 0) is 12.8 Å². The van der Waals surface area contributed by atoms with Crippen molar-refractivity contribution in [3.05, 3.63) is 0 Å². The zero-order valence-corrected chi connectivity index (χ0v) is 48.3. The van der Waals surface area contributed by atoms with Crippen LogP contribution in [0.4, 0.5) is 0 Å². The van der Waals surface area contributed by atoms with E-state index in [9.17, 15) is 38.2 Å². The number of aliphatic hydroxyl groups excluding tert-OH is 4. The van der Waals surface area contributed by atoms with E-state index in [0.717, 1.165) is 51.4 Å². The number of carbonyl (C=O) groups excluding carboxylic acids is 1. The molecule has 0 saturated carbocycles. The van der Waals surface area contributed by atoms with E-state index >= 15 is 0 Å². The third-order valence-electron chi connectivity index (χ3n) is 15.4. The molecule has 0 radical (unpaired) electrons. The first-order valence-electron chi connectivity index (χ1n) is 31.4. The average molecular weight is 1060 g/mol. The van der Waals surface area contributed by atoms with Crippen LogP contribution in [0.3, 0.4) is 0 Å². The maximum absolute atomic E-state index is 13.2. The summed E-state index contributed by atoms with van der Waals surface area (Å²) in [5, 5.41) is 45.2. The quantitative estimate of drug-likeness (QED) is 0.0251. The monoisotopic (exact) mass is 1060 g/mol. The third kappa shape index (κ3) is 42.8. The first-order valence-corrected chi connectivity index (χ1v) is 32.8. The van der Waals surface area contributed by atoms with Gasteiger partial charge < -0.3 is 35.2 Å². The van der Waals surface area contributed by atoms with Crippen LogP contribution in [0.1, 0.15) is 322 Å². The van der Waals surface area contributed by atoms with Gasteiger partial charge in [-0.15, -0.1) is 0 Å². The first kappa shape index (κ1) is 70.1. The summed E-state index contributed by atoms with van der Waals surface area (Å²) in [5.41, 5.74) is 0. The number of amides is 1. The highest BCUT2D eigenvalue weighted by Gasteiger charge is 2.48. The summed E-state index contributed by atoms with van der Waals surface area (Å²) in [4.78, 5) is 13.2. The van der Waals surface area contributed by atoms with E-state index in [2.05, 4.69) is 23.3 Å². The van der Waals surface area contributed by atoms with Gasteiger partial charge in [-0.2, -0.15) is 8.42 Å². The lowest BCUT2D eigenvalue weighted by molar-refractivity contribution is -0.298. The molecule has 1 aliphatic rings. The van der Waals surface area contributed by atoms with Crippen molar-refractivity contribution in [3.8, 4) is 0 Å². The number of carbonyl (C=O) groups is 1. The summed E-state index contributed by atoms with van der Waals surface area (Å²) in [6.07, 6.45) is 51.1. The number of hydrogen-bond donors (Lipinski definition) is 6. The van der Waals surface area contributed by atoms with Crippen LogP contribution >= 0.6 is 0 Å². The van der Waals surface area contributed by atoms with Gasteiger partial charge in [-0.3, -0.25) is 9.35 Å². The average Bonchev–Trinajstić information content (AvgIpc) is 3.37. The van der Waals surface area contributed by atoms with Crippen LogP contribution in [0.5, 0.6) is 0 Å². The molecule has 1 fully saturated rings. The van der Waals surface area contributed by atoms with Crippen molar-refractivity contribution in [1.82, 2.24) is 5.32 Å². The fourth-order valence-corrected chi connectivity index (χ4v) is 11.1. The molecule has 73 heavy (non-hydrogen) atoms. The maximum atomic E-state index is 13.2. The predicted octanol–water partition coefficient (Wildman–Crippen LogP) is 15.2. The molecule has 0 aromatic heterocycles. The van der Waals surface area contributed by atoms with E-state index < -0.39 is 59.9 Å². The Hall–Kier alpha value is -0.900. The number of nitrogens with one attached hydrogen (secondary N) is 1. The van der Waals surface area contributed by atoms with Crippen molar-refractivity contribution in [2.75, 3.05) is 13.2 Å². The molecule has 0 aromatic carbocycles. The van der Waals surface area contributed by atoms with Crippen LogP contribution in [0.25, 0.3) is 0 Å². The minimum absolute atomic E-state index is 0.221. The zero-order chi connectivity index (χ0) is 53.3. The van der Waals surface area contributed by atoms with Crippen LogP contribution in [0, 0.1) is 0 Å². The summed E-state index contributed by atoms with van der Waals surface area (Å²) >= 11 is 0. The van der Waals surface area contributed by atoms with E-state index in [4.69, 9.17) is 9.47 Å². The second-order valence-corrected chi connectivity index (χ2v) is 23.4. The Bertz CT molecular complexity index is 1290. The number of hydrogen-bond acceptors (Lipinski definition) is 10. The van der Waals surface area contributed by atoms with Crippen LogP contribution < -0.4 is 5.32 Å². The van der Waals surface area contributed by atoms with Gasteiger partial charge in [0.2, 0.25) is 5.91 Å². The molecular weight excluding hydrogens is 943 g/mol. The number of ether oxygens (including phenoxy) is 2. The Morgan fingerprint density at radius 1 is 0.493 bits per heavy atom. The number of rotatable bonds is 56. The van der Waals surface area contributed by atoms with Crippen molar-refractivity contribution in [1.29, 1.82) is 0 Å². The van der Waals surface area contributed by atoms with Crippen molar-refractivity contribution in [2.45, 2.75) is 365 Å². The van der Waals surface area contributed by atoms with Gasteiger partial charge in [0.1, 0.15) is 24.4 Å². The van der Waals surface area contributed by atoms with Crippen molar-refractivity contribution >= 4 is 16.3 Å². The molecule has 436 valence electrons. The van der Waals surface area contributed by atoms with E-state index in [0.29, 0.717) is 12.8 Å². The Balaban J connectivity index is 2.30. The molecule has 6 N–H and O–H groups in total.